The summed E-state index contributed by atoms with van der Waals surface area (Å²) >= 11 is 0. The van der Waals surface area contributed by atoms with Gasteiger partial charge in [-0.3, -0.25) is 19.7 Å². The molecule has 3 rings (SSSR count). The Hall–Kier alpha value is -2.64. The lowest BCUT2D eigenvalue weighted by Gasteiger charge is -2.18. The zero-order valence-corrected chi connectivity index (χ0v) is 14.8. The van der Waals surface area contributed by atoms with Crippen LogP contribution in [0.1, 0.15) is 42.5 Å². The number of nitrogens with zero attached hydrogens (tertiary/aromatic N) is 3. The van der Waals surface area contributed by atoms with E-state index in [0.717, 1.165) is 38.9 Å². The molecule has 140 valence electrons. The number of anilines is 1. The van der Waals surface area contributed by atoms with Crippen molar-refractivity contribution in [2.45, 2.75) is 32.1 Å². The summed E-state index contributed by atoms with van der Waals surface area (Å²) in [5.74, 6) is -0.154. The van der Waals surface area contributed by atoms with E-state index < -0.39 is 4.92 Å². The van der Waals surface area contributed by atoms with Crippen LogP contribution in [-0.2, 0) is 4.79 Å². The average Bonchev–Trinajstić information content (AvgIpc) is 3.30. The topological polar surface area (TPSA) is 95.8 Å². The summed E-state index contributed by atoms with van der Waals surface area (Å²) in [4.78, 5) is 38.6. The Morgan fingerprint density at radius 2 is 1.96 bits per heavy atom. The fourth-order valence-corrected chi connectivity index (χ4v) is 3.55. The van der Waals surface area contributed by atoms with Crippen molar-refractivity contribution in [2.75, 3.05) is 37.6 Å². The zero-order chi connectivity index (χ0) is 18.5. The molecule has 2 amide bonds. The van der Waals surface area contributed by atoms with Crippen LogP contribution in [0.3, 0.4) is 0 Å². The average molecular weight is 360 g/mol. The van der Waals surface area contributed by atoms with Crippen LogP contribution < -0.4 is 10.2 Å². The summed E-state index contributed by atoms with van der Waals surface area (Å²) in [7, 11) is 0. The first-order valence-corrected chi connectivity index (χ1v) is 9.15. The predicted molar refractivity (Wildman–Crippen MR) is 97.3 cm³/mol. The zero-order valence-electron chi connectivity index (χ0n) is 14.8. The van der Waals surface area contributed by atoms with Gasteiger partial charge in [-0.15, -0.1) is 0 Å². The minimum absolute atomic E-state index is 0.0257. The molecule has 2 aliphatic heterocycles. The molecule has 2 aliphatic rings. The molecular weight excluding hydrogens is 336 g/mol. The molecule has 1 N–H and O–H groups in total. The number of carbonyl (C=O) groups excluding carboxylic acids is 2. The lowest BCUT2D eigenvalue weighted by Crippen LogP contribution is -2.30. The molecule has 0 atom stereocenters. The Morgan fingerprint density at radius 3 is 2.62 bits per heavy atom. The van der Waals surface area contributed by atoms with Gasteiger partial charge >= 0.3 is 0 Å². The summed E-state index contributed by atoms with van der Waals surface area (Å²) in [6.45, 7) is 3.47. The van der Waals surface area contributed by atoms with E-state index in [-0.39, 0.29) is 23.1 Å². The maximum atomic E-state index is 12.3. The van der Waals surface area contributed by atoms with Gasteiger partial charge in [-0.2, -0.15) is 0 Å². The van der Waals surface area contributed by atoms with E-state index in [0.29, 0.717) is 31.6 Å². The minimum Gasteiger partial charge on any atom is -0.366 e. The van der Waals surface area contributed by atoms with E-state index >= 15 is 0 Å². The van der Waals surface area contributed by atoms with Crippen molar-refractivity contribution in [1.82, 2.24) is 10.2 Å². The van der Waals surface area contributed by atoms with E-state index in [1.807, 2.05) is 9.80 Å². The fourth-order valence-electron chi connectivity index (χ4n) is 3.55. The number of hydrogen-bond donors (Lipinski definition) is 1. The van der Waals surface area contributed by atoms with Gasteiger partial charge in [-0.05, 0) is 37.8 Å². The molecule has 8 heteroatoms. The number of nitrogens with one attached hydrogen (secondary N) is 1. The molecule has 0 unspecified atom stereocenters. The van der Waals surface area contributed by atoms with Gasteiger partial charge in [-0.1, -0.05) is 0 Å². The van der Waals surface area contributed by atoms with Crippen molar-refractivity contribution in [2.24, 2.45) is 0 Å². The highest BCUT2D eigenvalue weighted by atomic mass is 16.6. The van der Waals surface area contributed by atoms with Gasteiger partial charge in [0.15, 0.2) is 0 Å². The molecule has 0 aromatic heterocycles. The van der Waals surface area contributed by atoms with Crippen LogP contribution in [0.5, 0.6) is 0 Å². The van der Waals surface area contributed by atoms with Crippen molar-refractivity contribution in [1.29, 1.82) is 0 Å². The molecule has 2 saturated heterocycles. The third kappa shape index (κ3) is 4.12. The first-order chi connectivity index (χ1) is 12.6. The maximum Gasteiger partial charge on any atom is 0.293 e. The molecule has 0 spiro atoms. The highest BCUT2D eigenvalue weighted by molar-refractivity contribution is 5.95. The highest BCUT2D eigenvalue weighted by Crippen LogP contribution is 2.31. The predicted octanol–water partition coefficient (Wildman–Crippen LogP) is 1.94. The normalized spacial score (nSPS) is 17.0. The maximum absolute atomic E-state index is 12.3. The molecule has 0 radical (unpaired) electrons. The lowest BCUT2D eigenvalue weighted by molar-refractivity contribution is -0.384. The minimum atomic E-state index is -0.427. The summed E-state index contributed by atoms with van der Waals surface area (Å²) in [6, 6.07) is 4.66. The fraction of sp³-hybridized carbons (Fsp3) is 0.556. The van der Waals surface area contributed by atoms with Gasteiger partial charge in [0.1, 0.15) is 5.69 Å². The van der Waals surface area contributed by atoms with E-state index in [9.17, 15) is 19.7 Å². The van der Waals surface area contributed by atoms with E-state index in [1.54, 1.807) is 12.1 Å². The Balaban J connectivity index is 1.57. The van der Waals surface area contributed by atoms with Crippen LogP contribution in [0.25, 0.3) is 0 Å². The molecule has 0 aliphatic carbocycles. The number of hydrogen-bond acceptors (Lipinski definition) is 5. The van der Waals surface area contributed by atoms with Crippen LogP contribution in [0.2, 0.25) is 0 Å². The Morgan fingerprint density at radius 1 is 1.19 bits per heavy atom. The quantitative estimate of drug-likeness (QED) is 0.455. The van der Waals surface area contributed by atoms with Gasteiger partial charge < -0.3 is 15.1 Å². The van der Waals surface area contributed by atoms with Gasteiger partial charge in [0.25, 0.3) is 11.6 Å². The smallest absolute Gasteiger partial charge is 0.293 e. The summed E-state index contributed by atoms with van der Waals surface area (Å²) < 4.78 is 0. The van der Waals surface area contributed by atoms with Gasteiger partial charge in [0, 0.05) is 50.8 Å². The Labute approximate surface area is 152 Å². The second-order valence-electron chi connectivity index (χ2n) is 6.75. The van der Waals surface area contributed by atoms with Crippen molar-refractivity contribution in [3.8, 4) is 0 Å². The molecule has 8 nitrogen and oxygen atoms in total. The van der Waals surface area contributed by atoms with Crippen molar-refractivity contribution in [3.63, 3.8) is 0 Å². The van der Waals surface area contributed by atoms with E-state index in [4.69, 9.17) is 0 Å². The second kappa shape index (κ2) is 8.16. The monoisotopic (exact) mass is 360 g/mol. The molecule has 1 aromatic rings. The molecule has 1 aromatic carbocycles. The van der Waals surface area contributed by atoms with Crippen molar-refractivity contribution in [3.05, 3.63) is 33.9 Å². The molecule has 0 bridgehead atoms. The third-order valence-corrected chi connectivity index (χ3v) is 4.94. The summed E-state index contributed by atoms with van der Waals surface area (Å²) in [5, 5.41) is 14.2. The number of carbonyl (C=O) groups is 2. The number of benzene rings is 1. The number of likely N-dealkylation sites (tertiary alicyclic amines) is 1. The number of amides is 2. The van der Waals surface area contributed by atoms with Gasteiger partial charge in [-0.25, -0.2) is 0 Å². The molecule has 2 heterocycles. The molecule has 26 heavy (non-hydrogen) atoms. The van der Waals surface area contributed by atoms with Crippen LogP contribution in [0.4, 0.5) is 11.4 Å². The Bertz CT molecular complexity index is 700. The van der Waals surface area contributed by atoms with Gasteiger partial charge in [0.05, 0.1) is 4.92 Å². The molecule has 2 fully saturated rings. The number of nitro groups is 1. The van der Waals surface area contributed by atoms with Crippen LogP contribution in [0, 0.1) is 10.1 Å². The lowest BCUT2D eigenvalue weighted by atomic mass is 10.1. The van der Waals surface area contributed by atoms with Crippen LogP contribution >= 0.6 is 0 Å². The second-order valence-corrected chi connectivity index (χ2v) is 6.75. The van der Waals surface area contributed by atoms with Crippen LogP contribution in [-0.4, -0.2) is 54.4 Å². The van der Waals surface area contributed by atoms with E-state index in [2.05, 4.69) is 5.32 Å². The van der Waals surface area contributed by atoms with E-state index in [1.165, 1.54) is 6.07 Å². The largest absolute Gasteiger partial charge is 0.366 e. The first-order valence-electron chi connectivity index (χ1n) is 9.15. The summed E-state index contributed by atoms with van der Waals surface area (Å²) in [6.07, 6.45) is 4.24. The highest BCUT2D eigenvalue weighted by Gasteiger charge is 2.24. The van der Waals surface area contributed by atoms with Gasteiger partial charge in [0.2, 0.25) is 5.91 Å². The van der Waals surface area contributed by atoms with Crippen molar-refractivity contribution >= 4 is 23.2 Å². The SMILES string of the molecule is O=C(NCCCN1CCCC1=O)c1ccc(N2CCCC2)c([N+](=O)[O-])c1. The van der Waals surface area contributed by atoms with Crippen molar-refractivity contribution < 1.29 is 14.5 Å². The standard InChI is InChI=1S/C18H24N4O4/c23-17-5-3-11-21(17)12-4-8-19-18(24)14-6-7-15(16(13-14)22(25)26)20-9-1-2-10-20/h6-7,13H,1-5,8-12H2,(H,19,24). The number of nitro benzene ring substituents is 1. The van der Waals surface area contributed by atoms with Crippen LogP contribution in [0.15, 0.2) is 18.2 Å². The third-order valence-electron chi connectivity index (χ3n) is 4.94. The Kier molecular flexibility index (Phi) is 5.70. The number of rotatable bonds is 7. The molecular formula is C18H24N4O4. The summed E-state index contributed by atoms with van der Waals surface area (Å²) in [5.41, 5.74) is 0.843. The first kappa shape index (κ1) is 18.2. The molecule has 0 saturated carbocycles.